The van der Waals surface area contributed by atoms with Gasteiger partial charge in [-0.1, -0.05) is 42.5 Å². The number of rotatable bonds is 6. The summed E-state index contributed by atoms with van der Waals surface area (Å²) in [5.41, 5.74) is 1.06. The van der Waals surface area contributed by atoms with Gasteiger partial charge in [0.15, 0.2) is 12.1 Å². The van der Waals surface area contributed by atoms with E-state index in [1.807, 2.05) is 50.3 Å². The Morgan fingerprint density at radius 3 is 2.64 bits per heavy atom. The molecule has 6 nitrogen and oxygen atoms in total. The van der Waals surface area contributed by atoms with E-state index < -0.39 is 12.1 Å². The third-order valence-electron chi connectivity index (χ3n) is 4.14. The molecule has 4 atom stereocenters. The van der Waals surface area contributed by atoms with Crippen LogP contribution in [0.1, 0.15) is 25.8 Å². The molecule has 6 heteroatoms. The zero-order valence-electron chi connectivity index (χ0n) is 14.7. The Labute approximate surface area is 147 Å². The van der Waals surface area contributed by atoms with Crippen molar-refractivity contribution in [2.75, 3.05) is 7.11 Å². The molecule has 1 aromatic rings. The lowest BCUT2D eigenvalue weighted by atomic mass is 10.1. The van der Waals surface area contributed by atoms with Crippen LogP contribution in [0.15, 0.2) is 42.5 Å². The van der Waals surface area contributed by atoms with Crippen LogP contribution >= 0.6 is 0 Å². The lowest BCUT2D eigenvalue weighted by Crippen LogP contribution is -2.31. The summed E-state index contributed by atoms with van der Waals surface area (Å²) >= 11 is 0. The summed E-state index contributed by atoms with van der Waals surface area (Å²) in [5.74, 6) is -0.992. The van der Waals surface area contributed by atoms with Crippen LogP contribution in [0.5, 0.6) is 0 Å². The van der Waals surface area contributed by atoms with Crippen LogP contribution in [-0.2, 0) is 35.1 Å². The first kappa shape index (κ1) is 18.1. The van der Waals surface area contributed by atoms with Crippen LogP contribution in [0.2, 0.25) is 0 Å². The first-order valence-corrected chi connectivity index (χ1v) is 8.38. The highest BCUT2D eigenvalue weighted by Crippen LogP contribution is 2.39. The Morgan fingerprint density at radius 1 is 1.20 bits per heavy atom. The Morgan fingerprint density at radius 2 is 1.92 bits per heavy atom. The van der Waals surface area contributed by atoms with Crippen molar-refractivity contribution in [2.24, 2.45) is 0 Å². The molecule has 2 aliphatic heterocycles. The van der Waals surface area contributed by atoms with Gasteiger partial charge in [-0.25, -0.2) is 0 Å². The van der Waals surface area contributed by atoms with E-state index in [2.05, 4.69) is 4.74 Å². The molecule has 0 aromatic heterocycles. The number of ether oxygens (including phenoxy) is 5. The average molecular weight is 348 g/mol. The Hall–Kier alpha value is -1.73. The molecular formula is C19H24O6. The normalized spacial score (nSPS) is 30.5. The number of methoxy groups -OCH3 is 1. The number of benzene rings is 1. The molecule has 25 heavy (non-hydrogen) atoms. The maximum absolute atomic E-state index is 11.2. The summed E-state index contributed by atoms with van der Waals surface area (Å²) in [7, 11) is 1.36. The highest BCUT2D eigenvalue weighted by Gasteiger charge is 2.55. The smallest absolute Gasteiger partial charge is 0.309 e. The Balaban J connectivity index is 1.64. The molecule has 0 amide bonds. The topological polar surface area (TPSA) is 63.2 Å². The van der Waals surface area contributed by atoms with Crippen molar-refractivity contribution in [3.05, 3.63) is 48.0 Å². The van der Waals surface area contributed by atoms with Crippen molar-refractivity contribution in [1.82, 2.24) is 0 Å². The maximum atomic E-state index is 11.2. The van der Waals surface area contributed by atoms with Gasteiger partial charge in [-0.15, -0.1) is 0 Å². The molecule has 2 saturated heterocycles. The summed E-state index contributed by atoms with van der Waals surface area (Å²) in [5, 5.41) is 0. The second-order valence-electron chi connectivity index (χ2n) is 6.54. The first-order valence-electron chi connectivity index (χ1n) is 8.38. The average Bonchev–Trinajstić information content (AvgIpc) is 3.07. The third-order valence-corrected chi connectivity index (χ3v) is 4.14. The molecule has 0 spiro atoms. The fourth-order valence-corrected chi connectivity index (χ4v) is 3.01. The van der Waals surface area contributed by atoms with Gasteiger partial charge < -0.3 is 23.7 Å². The minimum atomic E-state index is -0.693. The fraction of sp³-hybridized carbons (Fsp3) is 0.526. The Bertz CT molecular complexity index is 612. The van der Waals surface area contributed by atoms with Gasteiger partial charge in [-0.3, -0.25) is 4.79 Å². The predicted octanol–water partition coefficient (Wildman–Crippen LogP) is 2.57. The molecule has 3 rings (SSSR count). The number of hydrogen-bond acceptors (Lipinski definition) is 6. The minimum Gasteiger partial charge on any atom is -0.469 e. The van der Waals surface area contributed by atoms with Crippen molar-refractivity contribution in [3.63, 3.8) is 0 Å². The zero-order valence-corrected chi connectivity index (χ0v) is 14.7. The molecule has 1 aromatic carbocycles. The number of carbonyl (C=O) groups excluding carboxylic acids is 1. The number of hydrogen-bond donors (Lipinski definition) is 0. The number of carbonyl (C=O) groups is 1. The summed E-state index contributed by atoms with van der Waals surface area (Å²) < 4.78 is 28.4. The van der Waals surface area contributed by atoms with E-state index in [4.69, 9.17) is 18.9 Å². The lowest BCUT2D eigenvalue weighted by Gasteiger charge is -2.23. The molecule has 0 unspecified atom stereocenters. The van der Waals surface area contributed by atoms with Crippen molar-refractivity contribution in [2.45, 2.75) is 57.3 Å². The number of esters is 1. The SMILES string of the molecule is COC(=O)C/C=C\[C@H]1O[C@H](OCc2ccccc2)[C@H]2OC(C)(C)O[C@H]21. The molecular weight excluding hydrogens is 324 g/mol. The van der Waals surface area contributed by atoms with Crippen LogP contribution in [0, 0.1) is 0 Å². The van der Waals surface area contributed by atoms with Crippen molar-refractivity contribution in [3.8, 4) is 0 Å². The van der Waals surface area contributed by atoms with Crippen LogP contribution < -0.4 is 0 Å². The first-order chi connectivity index (χ1) is 12.0. The van der Waals surface area contributed by atoms with Gasteiger partial charge in [0.05, 0.1) is 20.1 Å². The van der Waals surface area contributed by atoms with Gasteiger partial charge in [0, 0.05) is 0 Å². The molecule has 2 heterocycles. The maximum Gasteiger partial charge on any atom is 0.309 e. The third kappa shape index (κ3) is 4.46. The Kier molecular flexibility index (Phi) is 5.54. The molecule has 2 fully saturated rings. The fourth-order valence-electron chi connectivity index (χ4n) is 3.01. The van der Waals surface area contributed by atoms with E-state index in [1.54, 1.807) is 6.08 Å². The van der Waals surface area contributed by atoms with Gasteiger partial charge in [-0.05, 0) is 19.4 Å². The van der Waals surface area contributed by atoms with E-state index in [0.717, 1.165) is 5.56 Å². The van der Waals surface area contributed by atoms with Crippen LogP contribution in [0.4, 0.5) is 0 Å². The summed E-state index contributed by atoms with van der Waals surface area (Å²) in [6.07, 6.45) is 2.27. The molecule has 2 aliphatic rings. The summed E-state index contributed by atoms with van der Waals surface area (Å²) in [6.45, 7) is 4.17. The summed E-state index contributed by atoms with van der Waals surface area (Å²) in [6, 6.07) is 9.89. The quantitative estimate of drug-likeness (QED) is 0.582. The zero-order chi connectivity index (χ0) is 17.9. The monoisotopic (exact) mass is 348 g/mol. The van der Waals surface area contributed by atoms with Gasteiger partial charge in [-0.2, -0.15) is 0 Å². The van der Waals surface area contributed by atoms with E-state index in [0.29, 0.717) is 6.61 Å². The lowest BCUT2D eigenvalue weighted by molar-refractivity contribution is -0.231. The number of fused-ring (bicyclic) bond motifs is 1. The molecule has 0 saturated carbocycles. The highest BCUT2D eigenvalue weighted by molar-refractivity contribution is 5.70. The minimum absolute atomic E-state index is 0.188. The van der Waals surface area contributed by atoms with Crippen LogP contribution in [0.3, 0.4) is 0 Å². The van der Waals surface area contributed by atoms with Gasteiger partial charge in [0.2, 0.25) is 0 Å². The standard InChI is InChI=1S/C19H24O6/c1-19(2)24-16-14(10-7-11-15(20)21-3)23-18(17(16)25-19)22-12-13-8-5-4-6-9-13/h4-10,14,16-18H,11-12H2,1-3H3/b10-7-/t14-,16+,17+,18+/m1/s1. The molecule has 0 radical (unpaired) electrons. The molecule has 0 aliphatic carbocycles. The second kappa shape index (κ2) is 7.66. The second-order valence-corrected chi connectivity index (χ2v) is 6.54. The largest absolute Gasteiger partial charge is 0.469 e. The van der Waals surface area contributed by atoms with Crippen molar-refractivity contribution in [1.29, 1.82) is 0 Å². The molecule has 136 valence electrons. The van der Waals surface area contributed by atoms with Crippen molar-refractivity contribution < 1.29 is 28.5 Å². The molecule has 0 N–H and O–H groups in total. The van der Waals surface area contributed by atoms with Gasteiger partial charge in [0.25, 0.3) is 0 Å². The van der Waals surface area contributed by atoms with Crippen LogP contribution in [-0.4, -0.2) is 43.5 Å². The van der Waals surface area contributed by atoms with Crippen molar-refractivity contribution >= 4 is 5.97 Å². The predicted molar refractivity (Wildman–Crippen MR) is 89.5 cm³/mol. The van der Waals surface area contributed by atoms with E-state index in [9.17, 15) is 4.79 Å². The highest BCUT2D eigenvalue weighted by atomic mass is 16.8. The van der Waals surface area contributed by atoms with E-state index >= 15 is 0 Å². The van der Waals surface area contributed by atoms with Gasteiger partial charge in [0.1, 0.15) is 18.3 Å². The van der Waals surface area contributed by atoms with E-state index in [1.165, 1.54) is 7.11 Å². The summed E-state index contributed by atoms with van der Waals surface area (Å²) in [4.78, 5) is 11.2. The molecule has 0 bridgehead atoms. The van der Waals surface area contributed by atoms with Gasteiger partial charge >= 0.3 is 5.97 Å². The van der Waals surface area contributed by atoms with Crippen LogP contribution in [0.25, 0.3) is 0 Å². The van der Waals surface area contributed by atoms with E-state index in [-0.39, 0.29) is 30.7 Å².